The Balaban J connectivity index is 1.56. The SMILES string of the molecule is CC(C)(C)c1nnc(-c2ccn3c(-c4cccc(NC(=O)NCC(F)(F)F)c4)cnc3c2)o1. The largest absolute Gasteiger partial charge is 0.420 e. The fourth-order valence-electron chi connectivity index (χ4n) is 3.08. The number of nitrogens with one attached hydrogen (secondary N) is 2. The Morgan fingerprint density at radius 2 is 1.88 bits per heavy atom. The van der Waals surface area contributed by atoms with Gasteiger partial charge in [-0.05, 0) is 24.3 Å². The number of carbonyl (C=O) groups excluding carboxylic acids is 1. The minimum Gasteiger partial charge on any atom is -0.420 e. The van der Waals surface area contributed by atoms with Gasteiger partial charge in [0.2, 0.25) is 11.8 Å². The number of pyridine rings is 1. The highest BCUT2D eigenvalue weighted by Gasteiger charge is 2.27. The number of hydrogen-bond acceptors (Lipinski definition) is 5. The summed E-state index contributed by atoms with van der Waals surface area (Å²) in [5, 5.41) is 12.4. The number of rotatable bonds is 4. The molecule has 0 fully saturated rings. The van der Waals surface area contributed by atoms with E-state index in [2.05, 4.69) is 20.5 Å². The average Bonchev–Trinajstić information content (AvgIpc) is 3.39. The van der Waals surface area contributed by atoms with Crippen LogP contribution in [-0.4, -0.2) is 38.3 Å². The third-order valence-electron chi connectivity index (χ3n) is 4.69. The number of alkyl halides is 3. The second-order valence-electron chi connectivity index (χ2n) is 8.45. The molecule has 3 heterocycles. The van der Waals surface area contributed by atoms with Crippen LogP contribution in [0.15, 0.2) is 53.2 Å². The fraction of sp³-hybridized carbons (Fsp3) is 0.273. The third-order valence-corrected chi connectivity index (χ3v) is 4.69. The quantitative estimate of drug-likeness (QED) is 0.447. The molecule has 172 valence electrons. The molecule has 3 aromatic heterocycles. The summed E-state index contributed by atoms with van der Waals surface area (Å²) in [6.45, 7) is 4.54. The van der Waals surface area contributed by atoms with E-state index in [1.807, 2.05) is 49.6 Å². The van der Waals surface area contributed by atoms with Crippen LogP contribution in [0.1, 0.15) is 26.7 Å². The first-order valence-electron chi connectivity index (χ1n) is 10.0. The van der Waals surface area contributed by atoms with Crippen LogP contribution in [-0.2, 0) is 5.41 Å². The lowest BCUT2D eigenvalue weighted by Gasteiger charge is -2.11. The normalized spacial score (nSPS) is 12.2. The first-order chi connectivity index (χ1) is 15.5. The van der Waals surface area contributed by atoms with Gasteiger partial charge in [0.05, 0.1) is 11.9 Å². The fourth-order valence-corrected chi connectivity index (χ4v) is 3.08. The Bertz CT molecular complexity index is 1300. The number of imidazole rings is 1. The van der Waals surface area contributed by atoms with Crippen molar-refractivity contribution in [2.24, 2.45) is 0 Å². The number of anilines is 1. The molecule has 0 spiro atoms. The van der Waals surface area contributed by atoms with Crippen LogP contribution in [0.25, 0.3) is 28.4 Å². The molecule has 11 heteroatoms. The topological polar surface area (TPSA) is 97.3 Å². The Hall–Kier alpha value is -3.89. The van der Waals surface area contributed by atoms with Crippen molar-refractivity contribution in [3.8, 4) is 22.7 Å². The summed E-state index contributed by atoms with van der Waals surface area (Å²) in [7, 11) is 0. The Kier molecular flexibility index (Phi) is 5.56. The van der Waals surface area contributed by atoms with E-state index in [1.165, 1.54) is 0 Å². The molecular formula is C22H21F3N6O2. The molecule has 0 atom stereocenters. The van der Waals surface area contributed by atoms with Gasteiger partial charge in [-0.25, -0.2) is 9.78 Å². The van der Waals surface area contributed by atoms with Gasteiger partial charge in [0.25, 0.3) is 0 Å². The van der Waals surface area contributed by atoms with E-state index < -0.39 is 18.8 Å². The first-order valence-corrected chi connectivity index (χ1v) is 10.0. The number of urea groups is 1. The van der Waals surface area contributed by atoms with Gasteiger partial charge in [-0.2, -0.15) is 13.2 Å². The smallest absolute Gasteiger partial charge is 0.405 e. The summed E-state index contributed by atoms with van der Waals surface area (Å²) in [6, 6.07) is 9.43. The van der Waals surface area contributed by atoms with E-state index in [9.17, 15) is 18.0 Å². The second kappa shape index (κ2) is 8.23. The van der Waals surface area contributed by atoms with Crippen molar-refractivity contribution in [1.29, 1.82) is 0 Å². The summed E-state index contributed by atoms with van der Waals surface area (Å²) in [4.78, 5) is 16.2. The second-order valence-corrected chi connectivity index (χ2v) is 8.45. The molecule has 2 amide bonds. The van der Waals surface area contributed by atoms with Gasteiger partial charge in [0, 0.05) is 28.4 Å². The molecule has 0 aliphatic carbocycles. The summed E-state index contributed by atoms with van der Waals surface area (Å²) >= 11 is 0. The molecule has 0 bridgehead atoms. The lowest BCUT2D eigenvalue weighted by atomic mass is 9.97. The van der Waals surface area contributed by atoms with Gasteiger partial charge in [0.1, 0.15) is 12.2 Å². The van der Waals surface area contributed by atoms with E-state index in [-0.39, 0.29) is 5.41 Å². The number of aromatic nitrogens is 4. The van der Waals surface area contributed by atoms with Gasteiger partial charge in [-0.1, -0.05) is 32.9 Å². The zero-order valence-electron chi connectivity index (χ0n) is 18.1. The third kappa shape index (κ3) is 5.13. The molecular weight excluding hydrogens is 437 g/mol. The highest BCUT2D eigenvalue weighted by Crippen LogP contribution is 2.28. The molecule has 0 aliphatic rings. The van der Waals surface area contributed by atoms with Gasteiger partial charge in [0.15, 0.2) is 0 Å². The van der Waals surface area contributed by atoms with E-state index >= 15 is 0 Å². The Labute approximate surface area is 186 Å². The molecule has 0 aliphatic heterocycles. The number of amides is 2. The lowest BCUT2D eigenvalue weighted by Crippen LogP contribution is -2.36. The number of benzene rings is 1. The average molecular weight is 458 g/mol. The predicted molar refractivity (Wildman–Crippen MR) is 116 cm³/mol. The van der Waals surface area contributed by atoms with Gasteiger partial charge in [-0.15, -0.1) is 10.2 Å². The minimum atomic E-state index is -4.48. The number of fused-ring (bicyclic) bond motifs is 1. The Morgan fingerprint density at radius 3 is 2.58 bits per heavy atom. The molecule has 2 N–H and O–H groups in total. The van der Waals surface area contributed by atoms with Gasteiger partial charge in [-0.3, -0.25) is 4.40 Å². The molecule has 8 nitrogen and oxygen atoms in total. The van der Waals surface area contributed by atoms with Crippen LogP contribution in [0, 0.1) is 0 Å². The maximum Gasteiger partial charge on any atom is 0.405 e. The van der Waals surface area contributed by atoms with Crippen molar-refractivity contribution in [3.05, 3.63) is 54.7 Å². The van der Waals surface area contributed by atoms with E-state index in [0.29, 0.717) is 23.1 Å². The zero-order chi connectivity index (χ0) is 23.8. The monoisotopic (exact) mass is 458 g/mol. The minimum absolute atomic E-state index is 0.265. The van der Waals surface area contributed by atoms with E-state index in [1.54, 1.807) is 29.7 Å². The predicted octanol–water partition coefficient (Wildman–Crippen LogP) is 5.03. The molecule has 1 aromatic carbocycles. The molecule has 0 radical (unpaired) electrons. The molecule has 0 saturated carbocycles. The van der Waals surface area contributed by atoms with E-state index in [4.69, 9.17) is 4.42 Å². The van der Waals surface area contributed by atoms with Crippen molar-refractivity contribution in [2.75, 3.05) is 11.9 Å². The molecule has 4 aromatic rings. The number of carbonyl (C=O) groups is 1. The molecule has 4 rings (SSSR count). The molecule has 33 heavy (non-hydrogen) atoms. The summed E-state index contributed by atoms with van der Waals surface area (Å²) in [5.41, 5.74) is 2.89. The van der Waals surface area contributed by atoms with Crippen LogP contribution in [0.4, 0.5) is 23.7 Å². The number of halogens is 3. The van der Waals surface area contributed by atoms with Crippen LogP contribution in [0.3, 0.4) is 0 Å². The van der Waals surface area contributed by atoms with Crippen LogP contribution >= 0.6 is 0 Å². The summed E-state index contributed by atoms with van der Waals surface area (Å²) in [6.07, 6.45) is -1.01. The van der Waals surface area contributed by atoms with Crippen molar-refractivity contribution in [2.45, 2.75) is 32.4 Å². The maximum absolute atomic E-state index is 12.3. The molecule has 0 saturated heterocycles. The number of hydrogen-bond donors (Lipinski definition) is 2. The van der Waals surface area contributed by atoms with Gasteiger partial charge < -0.3 is 15.1 Å². The Morgan fingerprint density at radius 1 is 1.09 bits per heavy atom. The standard InChI is InChI=1S/C22H21F3N6O2/c1-21(2,3)19-30-29-18(33-19)14-7-8-31-16(11-26-17(31)10-14)13-5-4-6-15(9-13)28-20(32)27-12-22(23,24)25/h4-11H,12H2,1-3H3,(H2,27,28,32). The molecule has 0 unspecified atom stereocenters. The summed E-state index contributed by atoms with van der Waals surface area (Å²) < 4.78 is 44.5. The highest BCUT2D eigenvalue weighted by molar-refractivity contribution is 5.90. The maximum atomic E-state index is 12.3. The van der Waals surface area contributed by atoms with Crippen molar-refractivity contribution in [1.82, 2.24) is 24.9 Å². The summed E-state index contributed by atoms with van der Waals surface area (Å²) in [5.74, 6) is 0.924. The highest BCUT2D eigenvalue weighted by atomic mass is 19.4. The van der Waals surface area contributed by atoms with Gasteiger partial charge >= 0.3 is 12.2 Å². The first kappa shape index (κ1) is 22.3. The van der Waals surface area contributed by atoms with Crippen LogP contribution in [0.2, 0.25) is 0 Å². The van der Waals surface area contributed by atoms with E-state index in [0.717, 1.165) is 16.8 Å². The lowest BCUT2D eigenvalue weighted by molar-refractivity contribution is -0.122. The van der Waals surface area contributed by atoms with Crippen molar-refractivity contribution >= 4 is 17.4 Å². The number of nitrogens with zero attached hydrogens (tertiary/aromatic N) is 4. The van der Waals surface area contributed by atoms with Crippen LogP contribution < -0.4 is 10.6 Å². The zero-order valence-corrected chi connectivity index (χ0v) is 18.1. The van der Waals surface area contributed by atoms with Crippen molar-refractivity contribution in [3.63, 3.8) is 0 Å². The van der Waals surface area contributed by atoms with Crippen molar-refractivity contribution < 1.29 is 22.4 Å². The van der Waals surface area contributed by atoms with Crippen LogP contribution in [0.5, 0.6) is 0 Å².